The van der Waals surface area contributed by atoms with E-state index in [9.17, 15) is 4.79 Å². The number of aromatic nitrogens is 2. The van der Waals surface area contributed by atoms with E-state index in [2.05, 4.69) is 16.5 Å². The summed E-state index contributed by atoms with van der Waals surface area (Å²) < 4.78 is 6.96. The molecule has 1 aromatic carbocycles. The molecule has 1 amide bonds. The summed E-state index contributed by atoms with van der Waals surface area (Å²) in [5.74, 6) is 1.39. The second-order valence-electron chi connectivity index (χ2n) is 6.11. The standard InChI is InChI=1S/C19H19N3O2S/c1-24-16-6-4-15(5-7-16)22-10-8-14(21-22)12-20-19(23)18-17(9-11-25-18)13-2-3-13/h4-11,13H,2-3,12H2,1H3,(H,20,23). The molecule has 1 aliphatic rings. The molecular weight excluding hydrogens is 334 g/mol. The van der Waals surface area contributed by atoms with E-state index in [1.165, 1.54) is 29.7 Å². The third kappa shape index (κ3) is 3.44. The molecule has 25 heavy (non-hydrogen) atoms. The molecule has 128 valence electrons. The molecule has 1 N–H and O–H groups in total. The van der Waals surface area contributed by atoms with Crippen molar-refractivity contribution in [3.63, 3.8) is 0 Å². The molecule has 0 unspecified atom stereocenters. The Morgan fingerprint density at radius 1 is 1.28 bits per heavy atom. The van der Waals surface area contributed by atoms with Gasteiger partial charge in [-0.2, -0.15) is 5.10 Å². The van der Waals surface area contributed by atoms with E-state index in [0.29, 0.717) is 12.5 Å². The van der Waals surface area contributed by atoms with Crippen LogP contribution in [0.1, 0.15) is 39.7 Å². The predicted octanol–water partition coefficient (Wildman–Crippen LogP) is 3.75. The largest absolute Gasteiger partial charge is 0.497 e. The van der Waals surface area contributed by atoms with Crippen LogP contribution in [0.15, 0.2) is 48.0 Å². The monoisotopic (exact) mass is 353 g/mol. The maximum absolute atomic E-state index is 12.4. The lowest BCUT2D eigenvalue weighted by Gasteiger charge is -2.05. The summed E-state index contributed by atoms with van der Waals surface area (Å²) in [5.41, 5.74) is 2.98. The highest BCUT2D eigenvalue weighted by atomic mass is 32.1. The normalized spacial score (nSPS) is 13.6. The first-order valence-corrected chi connectivity index (χ1v) is 9.17. The fourth-order valence-corrected chi connectivity index (χ4v) is 3.71. The number of hydrogen-bond acceptors (Lipinski definition) is 4. The van der Waals surface area contributed by atoms with Gasteiger partial charge in [-0.1, -0.05) is 0 Å². The van der Waals surface area contributed by atoms with Crippen molar-refractivity contribution in [2.45, 2.75) is 25.3 Å². The number of methoxy groups -OCH3 is 1. The molecule has 0 bridgehead atoms. The number of nitrogens with zero attached hydrogens (tertiary/aromatic N) is 2. The SMILES string of the molecule is COc1ccc(-n2ccc(CNC(=O)c3sccc3C3CC3)n2)cc1. The zero-order valence-corrected chi connectivity index (χ0v) is 14.8. The highest BCUT2D eigenvalue weighted by molar-refractivity contribution is 7.12. The topological polar surface area (TPSA) is 56.1 Å². The number of ether oxygens (including phenoxy) is 1. The third-order valence-electron chi connectivity index (χ3n) is 4.33. The number of nitrogens with one attached hydrogen (secondary N) is 1. The van der Waals surface area contributed by atoms with Crippen LogP contribution in [0.25, 0.3) is 5.69 Å². The minimum Gasteiger partial charge on any atom is -0.497 e. The van der Waals surface area contributed by atoms with Gasteiger partial charge in [-0.05, 0) is 66.1 Å². The molecular formula is C19H19N3O2S. The summed E-state index contributed by atoms with van der Waals surface area (Å²) >= 11 is 1.52. The van der Waals surface area contributed by atoms with Gasteiger partial charge in [0.15, 0.2) is 0 Å². The Kier molecular flexibility index (Phi) is 4.28. The molecule has 2 heterocycles. The first-order valence-electron chi connectivity index (χ1n) is 8.29. The van der Waals surface area contributed by atoms with E-state index in [1.54, 1.807) is 11.8 Å². The Bertz CT molecular complexity index is 878. The van der Waals surface area contributed by atoms with Crippen LogP contribution in [0.5, 0.6) is 5.75 Å². The summed E-state index contributed by atoms with van der Waals surface area (Å²) in [6.07, 6.45) is 4.29. The first kappa shape index (κ1) is 15.9. The Hall–Kier alpha value is -2.60. The van der Waals surface area contributed by atoms with Crippen LogP contribution >= 0.6 is 11.3 Å². The first-order chi connectivity index (χ1) is 12.2. The summed E-state index contributed by atoms with van der Waals surface area (Å²) in [6, 6.07) is 11.7. The second-order valence-corrected chi connectivity index (χ2v) is 7.03. The second kappa shape index (κ2) is 6.72. The molecule has 5 nitrogen and oxygen atoms in total. The van der Waals surface area contributed by atoms with Gasteiger partial charge in [0.2, 0.25) is 0 Å². The maximum atomic E-state index is 12.4. The van der Waals surface area contributed by atoms with Gasteiger partial charge in [0.25, 0.3) is 5.91 Å². The Balaban J connectivity index is 1.40. The molecule has 0 atom stereocenters. The average molecular weight is 353 g/mol. The minimum atomic E-state index is -0.00380. The number of carbonyl (C=O) groups excluding carboxylic acids is 1. The van der Waals surface area contributed by atoms with Gasteiger partial charge in [0.1, 0.15) is 5.75 Å². The van der Waals surface area contributed by atoms with E-state index < -0.39 is 0 Å². The van der Waals surface area contributed by atoms with Gasteiger partial charge in [-0.15, -0.1) is 11.3 Å². The number of carbonyl (C=O) groups is 1. The average Bonchev–Trinajstić information content (AvgIpc) is 3.19. The van der Waals surface area contributed by atoms with Gasteiger partial charge < -0.3 is 10.1 Å². The number of benzene rings is 1. The van der Waals surface area contributed by atoms with E-state index in [0.717, 1.165) is 22.0 Å². The molecule has 3 aromatic rings. The van der Waals surface area contributed by atoms with Crippen molar-refractivity contribution in [2.75, 3.05) is 7.11 Å². The quantitative estimate of drug-likeness (QED) is 0.734. The van der Waals surface area contributed by atoms with Crippen molar-refractivity contribution in [1.82, 2.24) is 15.1 Å². The van der Waals surface area contributed by atoms with Crippen molar-refractivity contribution < 1.29 is 9.53 Å². The molecule has 6 heteroatoms. The summed E-state index contributed by atoms with van der Waals surface area (Å²) in [7, 11) is 1.64. The Morgan fingerprint density at radius 3 is 2.80 bits per heavy atom. The maximum Gasteiger partial charge on any atom is 0.261 e. The number of amides is 1. The zero-order chi connectivity index (χ0) is 17.2. The molecule has 2 aromatic heterocycles. The number of hydrogen-bond donors (Lipinski definition) is 1. The van der Waals surface area contributed by atoms with Crippen molar-refractivity contribution in [1.29, 1.82) is 0 Å². The van der Waals surface area contributed by atoms with E-state index in [1.807, 2.05) is 41.9 Å². The molecule has 0 radical (unpaired) electrons. The van der Waals surface area contributed by atoms with Gasteiger partial charge >= 0.3 is 0 Å². The minimum absolute atomic E-state index is 0.00380. The summed E-state index contributed by atoms with van der Waals surface area (Å²) in [6.45, 7) is 0.421. The Labute approximate surface area is 150 Å². The van der Waals surface area contributed by atoms with Gasteiger partial charge in [0.05, 0.1) is 29.9 Å². The highest BCUT2D eigenvalue weighted by Gasteiger charge is 2.28. The summed E-state index contributed by atoms with van der Waals surface area (Å²) in [4.78, 5) is 13.3. The highest BCUT2D eigenvalue weighted by Crippen LogP contribution is 2.43. The third-order valence-corrected chi connectivity index (χ3v) is 5.26. The van der Waals surface area contributed by atoms with E-state index in [4.69, 9.17) is 4.74 Å². The lowest BCUT2D eigenvalue weighted by molar-refractivity contribution is 0.0953. The molecule has 1 saturated carbocycles. The van der Waals surface area contributed by atoms with Crippen LogP contribution in [0.3, 0.4) is 0 Å². The van der Waals surface area contributed by atoms with Gasteiger partial charge in [0, 0.05) is 6.20 Å². The van der Waals surface area contributed by atoms with Crippen molar-refractivity contribution in [2.24, 2.45) is 0 Å². The zero-order valence-electron chi connectivity index (χ0n) is 13.9. The van der Waals surface area contributed by atoms with Crippen molar-refractivity contribution >= 4 is 17.2 Å². The van der Waals surface area contributed by atoms with Crippen LogP contribution in [-0.4, -0.2) is 22.8 Å². The van der Waals surface area contributed by atoms with Crippen molar-refractivity contribution in [3.05, 3.63) is 64.1 Å². The molecule has 1 aliphatic carbocycles. The lowest BCUT2D eigenvalue weighted by Crippen LogP contribution is -2.23. The fourth-order valence-electron chi connectivity index (χ4n) is 2.81. The van der Waals surface area contributed by atoms with Crippen LogP contribution in [0, 0.1) is 0 Å². The van der Waals surface area contributed by atoms with Gasteiger partial charge in [-0.25, -0.2) is 4.68 Å². The Morgan fingerprint density at radius 2 is 2.08 bits per heavy atom. The lowest BCUT2D eigenvalue weighted by atomic mass is 10.1. The fraction of sp³-hybridized carbons (Fsp3) is 0.263. The predicted molar refractivity (Wildman–Crippen MR) is 97.6 cm³/mol. The molecule has 0 saturated heterocycles. The van der Waals surface area contributed by atoms with E-state index in [-0.39, 0.29) is 5.91 Å². The van der Waals surface area contributed by atoms with Gasteiger partial charge in [-0.3, -0.25) is 4.79 Å². The van der Waals surface area contributed by atoms with Crippen LogP contribution < -0.4 is 10.1 Å². The number of thiophene rings is 1. The smallest absolute Gasteiger partial charge is 0.261 e. The van der Waals surface area contributed by atoms with Crippen LogP contribution in [-0.2, 0) is 6.54 Å². The molecule has 0 spiro atoms. The number of rotatable bonds is 6. The van der Waals surface area contributed by atoms with Crippen LogP contribution in [0.2, 0.25) is 0 Å². The molecule has 4 rings (SSSR count). The van der Waals surface area contributed by atoms with Crippen LogP contribution in [0.4, 0.5) is 0 Å². The summed E-state index contributed by atoms with van der Waals surface area (Å²) in [5, 5.41) is 9.51. The molecule has 1 fully saturated rings. The molecule has 0 aliphatic heterocycles. The van der Waals surface area contributed by atoms with Crippen molar-refractivity contribution in [3.8, 4) is 11.4 Å². The van der Waals surface area contributed by atoms with E-state index >= 15 is 0 Å².